The Labute approximate surface area is 114 Å². The zero-order chi connectivity index (χ0) is 14.5. The number of hydrogen-bond donors (Lipinski definition) is 2. The van der Waals surface area contributed by atoms with E-state index in [9.17, 15) is 13.5 Å². The molecule has 1 aromatic rings. The highest BCUT2D eigenvalue weighted by Crippen LogP contribution is 2.16. The van der Waals surface area contributed by atoms with Crippen molar-refractivity contribution in [3.05, 3.63) is 29.8 Å². The fourth-order valence-corrected chi connectivity index (χ4v) is 2.31. The van der Waals surface area contributed by atoms with E-state index in [1.807, 2.05) is 6.92 Å². The molecule has 0 aliphatic carbocycles. The number of methoxy groups -OCH3 is 1. The monoisotopic (exact) mass is 287 g/mol. The van der Waals surface area contributed by atoms with Crippen LogP contribution in [0.4, 0.5) is 0 Å². The summed E-state index contributed by atoms with van der Waals surface area (Å²) in [6.45, 7) is 2.92. The first-order valence-electron chi connectivity index (χ1n) is 6.05. The first-order chi connectivity index (χ1) is 8.84. The molecular formula is C13H21NO4S. The molecule has 0 bridgehead atoms. The van der Waals surface area contributed by atoms with Crippen LogP contribution >= 0.6 is 0 Å². The van der Waals surface area contributed by atoms with Crippen LogP contribution in [0, 0.1) is 0 Å². The summed E-state index contributed by atoms with van der Waals surface area (Å²) in [5.74, 6) is 0. The molecule has 6 heteroatoms. The molecule has 2 atom stereocenters. The van der Waals surface area contributed by atoms with Gasteiger partial charge in [-0.3, -0.25) is 0 Å². The molecule has 108 valence electrons. The Hall–Kier alpha value is -0.950. The van der Waals surface area contributed by atoms with E-state index in [-0.39, 0.29) is 10.9 Å². The van der Waals surface area contributed by atoms with E-state index >= 15 is 0 Å². The predicted molar refractivity (Wildman–Crippen MR) is 73.9 cm³/mol. The maximum Gasteiger partial charge on any atom is 0.175 e. The standard InChI is InChI=1S/C13H21NO4S/c1-10(9-18-2)14-8-13(15)11-4-6-12(7-5-11)19(3,16)17/h4-7,10,13-15H,8-9H2,1-3H3. The molecule has 0 spiro atoms. The lowest BCUT2D eigenvalue weighted by molar-refractivity contribution is 0.143. The van der Waals surface area contributed by atoms with Gasteiger partial charge in [-0.1, -0.05) is 12.1 Å². The van der Waals surface area contributed by atoms with E-state index < -0.39 is 15.9 Å². The lowest BCUT2D eigenvalue weighted by Crippen LogP contribution is -2.33. The molecule has 0 amide bonds. The topological polar surface area (TPSA) is 75.6 Å². The molecule has 0 fully saturated rings. The molecule has 5 nitrogen and oxygen atoms in total. The number of rotatable bonds is 7. The SMILES string of the molecule is COCC(C)NCC(O)c1ccc(S(C)(=O)=O)cc1. The molecule has 2 unspecified atom stereocenters. The van der Waals surface area contributed by atoms with Crippen molar-refractivity contribution in [1.29, 1.82) is 0 Å². The van der Waals surface area contributed by atoms with Gasteiger partial charge in [0.15, 0.2) is 9.84 Å². The van der Waals surface area contributed by atoms with Gasteiger partial charge in [0.25, 0.3) is 0 Å². The summed E-state index contributed by atoms with van der Waals surface area (Å²) in [6.07, 6.45) is 0.486. The second-order valence-electron chi connectivity index (χ2n) is 4.62. The zero-order valence-corrected chi connectivity index (χ0v) is 12.3. The number of sulfone groups is 1. The highest BCUT2D eigenvalue weighted by molar-refractivity contribution is 7.90. The first kappa shape index (κ1) is 16.1. The lowest BCUT2D eigenvalue weighted by atomic mass is 10.1. The normalized spacial score (nSPS) is 15.2. The van der Waals surface area contributed by atoms with Crippen LogP contribution in [-0.2, 0) is 14.6 Å². The van der Waals surface area contributed by atoms with Gasteiger partial charge in [0.05, 0.1) is 17.6 Å². The van der Waals surface area contributed by atoms with Gasteiger partial charge < -0.3 is 15.2 Å². The summed E-state index contributed by atoms with van der Waals surface area (Å²) in [6, 6.07) is 6.42. The molecule has 0 radical (unpaired) electrons. The summed E-state index contributed by atoms with van der Waals surface area (Å²) < 4.78 is 27.6. The molecule has 1 rings (SSSR count). The van der Waals surface area contributed by atoms with E-state index in [1.165, 1.54) is 12.1 Å². The Morgan fingerprint density at radius 1 is 1.32 bits per heavy atom. The number of nitrogens with one attached hydrogen (secondary N) is 1. The van der Waals surface area contributed by atoms with Crippen molar-refractivity contribution in [2.24, 2.45) is 0 Å². The largest absolute Gasteiger partial charge is 0.387 e. The van der Waals surface area contributed by atoms with E-state index in [2.05, 4.69) is 5.32 Å². The summed E-state index contributed by atoms with van der Waals surface area (Å²) >= 11 is 0. The first-order valence-corrected chi connectivity index (χ1v) is 7.94. The van der Waals surface area contributed by atoms with Gasteiger partial charge in [0.2, 0.25) is 0 Å². The van der Waals surface area contributed by atoms with Gasteiger partial charge in [-0.2, -0.15) is 0 Å². The van der Waals surface area contributed by atoms with Crippen LogP contribution < -0.4 is 5.32 Å². The fourth-order valence-electron chi connectivity index (χ4n) is 1.68. The minimum Gasteiger partial charge on any atom is -0.387 e. The van der Waals surface area contributed by atoms with E-state index in [0.717, 1.165) is 6.26 Å². The summed E-state index contributed by atoms with van der Waals surface area (Å²) in [4.78, 5) is 0.254. The number of ether oxygens (including phenoxy) is 1. The summed E-state index contributed by atoms with van der Waals surface area (Å²) in [5.41, 5.74) is 0.685. The molecule has 1 aromatic carbocycles. The molecule has 0 saturated carbocycles. The van der Waals surface area contributed by atoms with Gasteiger partial charge in [-0.05, 0) is 24.6 Å². The highest BCUT2D eigenvalue weighted by Gasteiger charge is 2.11. The third-order valence-electron chi connectivity index (χ3n) is 2.77. The maximum absolute atomic E-state index is 11.3. The molecule has 0 heterocycles. The van der Waals surface area contributed by atoms with Crippen LogP contribution in [0.3, 0.4) is 0 Å². The van der Waals surface area contributed by atoms with Crippen LogP contribution in [0.2, 0.25) is 0 Å². The van der Waals surface area contributed by atoms with Crippen molar-refractivity contribution >= 4 is 9.84 Å². The second kappa shape index (κ2) is 7.00. The Morgan fingerprint density at radius 3 is 2.37 bits per heavy atom. The molecular weight excluding hydrogens is 266 g/mol. The minimum absolute atomic E-state index is 0.148. The zero-order valence-electron chi connectivity index (χ0n) is 11.5. The number of aliphatic hydroxyl groups excluding tert-OH is 1. The predicted octanol–water partition coefficient (Wildman–Crippen LogP) is 0.748. The average molecular weight is 287 g/mol. The van der Waals surface area contributed by atoms with Crippen LogP contribution in [0.5, 0.6) is 0 Å². The van der Waals surface area contributed by atoms with Crippen LogP contribution in [0.15, 0.2) is 29.2 Å². The van der Waals surface area contributed by atoms with Crippen LogP contribution in [0.1, 0.15) is 18.6 Å². The molecule has 0 aliphatic heterocycles. The van der Waals surface area contributed by atoms with Crippen molar-refractivity contribution in [2.45, 2.75) is 24.0 Å². The van der Waals surface area contributed by atoms with E-state index in [4.69, 9.17) is 4.74 Å². The van der Waals surface area contributed by atoms with Gasteiger partial charge in [-0.25, -0.2) is 8.42 Å². The third-order valence-corrected chi connectivity index (χ3v) is 3.90. The Balaban J connectivity index is 2.61. The minimum atomic E-state index is -3.19. The van der Waals surface area contributed by atoms with Crippen molar-refractivity contribution in [2.75, 3.05) is 26.5 Å². The van der Waals surface area contributed by atoms with Crippen molar-refractivity contribution in [3.63, 3.8) is 0 Å². The Morgan fingerprint density at radius 2 is 1.89 bits per heavy atom. The van der Waals surface area contributed by atoms with Gasteiger partial charge >= 0.3 is 0 Å². The fraction of sp³-hybridized carbons (Fsp3) is 0.538. The number of aliphatic hydroxyl groups is 1. The third kappa shape index (κ3) is 5.28. The molecule has 0 aliphatic rings. The number of benzene rings is 1. The molecule has 2 N–H and O–H groups in total. The van der Waals surface area contributed by atoms with Gasteiger partial charge in [0.1, 0.15) is 0 Å². The van der Waals surface area contributed by atoms with Crippen LogP contribution in [-0.4, -0.2) is 46.1 Å². The van der Waals surface area contributed by atoms with Crippen molar-refractivity contribution in [3.8, 4) is 0 Å². The molecule has 19 heavy (non-hydrogen) atoms. The highest BCUT2D eigenvalue weighted by atomic mass is 32.2. The maximum atomic E-state index is 11.3. The molecule has 0 saturated heterocycles. The van der Waals surface area contributed by atoms with Gasteiger partial charge in [-0.15, -0.1) is 0 Å². The Kier molecular flexibility index (Phi) is 5.93. The lowest BCUT2D eigenvalue weighted by Gasteiger charge is -2.17. The van der Waals surface area contributed by atoms with Gasteiger partial charge in [0, 0.05) is 26.0 Å². The smallest absolute Gasteiger partial charge is 0.175 e. The van der Waals surface area contributed by atoms with Crippen molar-refractivity contribution < 1.29 is 18.3 Å². The second-order valence-corrected chi connectivity index (χ2v) is 6.64. The Bertz CT molecular complexity index is 484. The van der Waals surface area contributed by atoms with Crippen LogP contribution in [0.25, 0.3) is 0 Å². The average Bonchev–Trinajstić information content (AvgIpc) is 2.35. The van der Waals surface area contributed by atoms with Crippen molar-refractivity contribution in [1.82, 2.24) is 5.32 Å². The summed E-state index contributed by atoms with van der Waals surface area (Å²) in [5, 5.41) is 13.1. The quantitative estimate of drug-likeness (QED) is 0.774. The summed E-state index contributed by atoms with van der Waals surface area (Å²) in [7, 11) is -1.57. The van der Waals surface area contributed by atoms with E-state index in [1.54, 1.807) is 19.2 Å². The van der Waals surface area contributed by atoms with E-state index in [0.29, 0.717) is 18.7 Å². The molecule has 0 aromatic heterocycles. The number of hydrogen-bond acceptors (Lipinski definition) is 5.